The summed E-state index contributed by atoms with van der Waals surface area (Å²) >= 11 is 0. The van der Waals surface area contributed by atoms with Gasteiger partial charge in [0.05, 0.1) is 0 Å². The maximum Gasteiger partial charge on any atom is 0.251 e. The molecule has 1 aromatic rings. The molecule has 128 valence electrons. The Morgan fingerprint density at radius 3 is 2.61 bits per heavy atom. The van der Waals surface area contributed by atoms with E-state index in [2.05, 4.69) is 10.6 Å². The Hall–Kier alpha value is -1.59. The van der Waals surface area contributed by atoms with Gasteiger partial charge in [-0.05, 0) is 43.9 Å². The van der Waals surface area contributed by atoms with Crippen LogP contribution in [0.25, 0.3) is 0 Å². The molecule has 0 bridgehead atoms. The zero-order valence-corrected chi connectivity index (χ0v) is 14.1. The zero-order chi connectivity index (χ0) is 15.8. The smallest absolute Gasteiger partial charge is 0.251 e. The molecule has 0 spiro atoms. The summed E-state index contributed by atoms with van der Waals surface area (Å²) in [6.45, 7) is 1.14. The van der Waals surface area contributed by atoms with Gasteiger partial charge in [-0.1, -0.05) is 24.6 Å². The summed E-state index contributed by atoms with van der Waals surface area (Å²) in [5, 5.41) is 5.90. The first-order chi connectivity index (χ1) is 10.7. The standard InChI is InChI=1S/C17H25N3O2.ClH/c18-12-14-8-4-9-15(14)20-16(21)10-5-11-19-17(22)13-6-2-1-3-7-13;/h1-3,6-7,14-15H,4-5,8-12,18H2,(H,19,22)(H,20,21);1H. The highest BCUT2D eigenvalue weighted by Gasteiger charge is 2.26. The zero-order valence-electron chi connectivity index (χ0n) is 13.3. The van der Waals surface area contributed by atoms with E-state index in [0.717, 1.165) is 19.3 Å². The maximum absolute atomic E-state index is 11.9. The Bertz CT molecular complexity index is 496. The molecule has 2 atom stereocenters. The SMILES string of the molecule is Cl.NCC1CCCC1NC(=O)CCCNC(=O)c1ccccc1. The van der Waals surface area contributed by atoms with Crippen molar-refractivity contribution in [2.24, 2.45) is 11.7 Å². The number of halogens is 1. The van der Waals surface area contributed by atoms with Crippen molar-refractivity contribution in [3.63, 3.8) is 0 Å². The highest BCUT2D eigenvalue weighted by Crippen LogP contribution is 2.24. The van der Waals surface area contributed by atoms with Crippen molar-refractivity contribution < 1.29 is 9.59 Å². The number of carbonyl (C=O) groups excluding carboxylic acids is 2. The van der Waals surface area contributed by atoms with Gasteiger partial charge in [-0.25, -0.2) is 0 Å². The fraction of sp³-hybridized carbons (Fsp3) is 0.529. The predicted molar refractivity (Wildman–Crippen MR) is 93.6 cm³/mol. The van der Waals surface area contributed by atoms with Crippen LogP contribution in [0.2, 0.25) is 0 Å². The average Bonchev–Trinajstić information content (AvgIpc) is 2.99. The van der Waals surface area contributed by atoms with Gasteiger partial charge in [0.25, 0.3) is 5.91 Å². The minimum absolute atomic E-state index is 0. The van der Waals surface area contributed by atoms with E-state index >= 15 is 0 Å². The van der Waals surface area contributed by atoms with Crippen LogP contribution in [-0.4, -0.2) is 30.9 Å². The third kappa shape index (κ3) is 6.20. The van der Waals surface area contributed by atoms with E-state index in [1.165, 1.54) is 0 Å². The van der Waals surface area contributed by atoms with Crippen molar-refractivity contribution in [1.29, 1.82) is 0 Å². The largest absolute Gasteiger partial charge is 0.353 e. The molecule has 2 rings (SSSR count). The lowest BCUT2D eigenvalue weighted by atomic mass is 10.0. The summed E-state index contributed by atoms with van der Waals surface area (Å²) in [7, 11) is 0. The van der Waals surface area contributed by atoms with Gasteiger partial charge in [0.15, 0.2) is 0 Å². The number of nitrogens with one attached hydrogen (secondary N) is 2. The Kier molecular flexibility index (Phi) is 8.66. The first kappa shape index (κ1) is 19.5. The molecule has 0 aliphatic heterocycles. The molecule has 0 saturated heterocycles. The van der Waals surface area contributed by atoms with Gasteiger partial charge in [0.2, 0.25) is 5.91 Å². The summed E-state index contributed by atoms with van der Waals surface area (Å²) in [6, 6.07) is 9.31. The van der Waals surface area contributed by atoms with Crippen LogP contribution >= 0.6 is 12.4 Å². The molecule has 23 heavy (non-hydrogen) atoms. The number of nitrogens with two attached hydrogens (primary N) is 1. The van der Waals surface area contributed by atoms with Crippen LogP contribution in [-0.2, 0) is 4.79 Å². The van der Waals surface area contributed by atoms with Crippen molar-refractivity contribution in [3.05, 3.63) is 35.9 Å². The van der Waals surface area contributed by atoms with Crippen molar-refractivity contribution >= 4 is 24.2 Å². The Morgan fingerprint density at radius 2 is 1.91 bits per heavy atom. The molecule has 1 aromatic carbocycles. The molecule has 5 nitrogen and oxygen atoms in total. The number of hydrogen-bond acceptors (Lipinski definition) is 3. The van der Waals surface area contributed by atoms with E-state index in [1.54, 1.807) is 12.1 Å². The Labute approximate surface area is 143 Å². The van der Waals surface area contributed by atoms with E-state index in [9.17, 15) is 9.59 Å². The second-order valence-corrected chi connectivity index (χ2v) is 5.83. The molecule has 1 aliphatic carbocycles. The molecule has 2 amide bonds. The number of carbonyl (C=O) groups is 2. The summed E-state index contributed by atoms with van der Waals surface area (Å²) in [6.07, 6.45) is 4.35. The van der Waals surface area contributed by atoms with Gasteiger partial charge in [-0.2, -0.15) is 0 Å². The van der Waals surface area contributed by atoms with Crippen LogP contribution < -0.4 is 16.4 Å². The van der Waals surface area contributed by atoms with Crippen LogP contribution in [0.3, 0.4) is 0 Å². The molecule has 2 unspecified atom stereocenters. The fourth-order valence-corrected chi connectivity index (χ4v) is 2.93. The molecule has 6 heteroatoms. The van der Waals surface area contributed by atoms with Gasteiger partial charge < -0.3 is 16.4 Å². The van der Waals surface area contributed by atoms with Gasteiger partial charge in [-0.15, -0.1) is 12.4 Å². The molecule has 0 radical (unpaired) electrons. The van der Waals surface area contributed by atoms with Gasteiger partial charge >= 0.3 is 0 Å². The second kappa shape index (κ2) is 10.2. The van der Waals surface area contributed by atoms with Crippen LogP contribution in [0.4, 0.5) is 0 Å². The number of amides is 2. The van der Waals surface area contributed by atoms with E-state index in [-0.39, 0.29) is 30.3 Å². The average molecular weight is 340 g/mol. The number of rotatable bonds is 7. The van der Waals surface area contributed by atoms with Crippen LogP contribution in [0.15, 0.2) is 30.3 Å². The van der Waals surface area contributed by atoms with Crippen molar-refractivity contribution in [1.82, 2.24) is 10.6 Å². The summed E-state index contributed by atoms with van der Waals surface area (Å²) < 4.78 is 0. The first-order valence-electron chi connectivity index (χ1n) is 8.03. The highest BCUT2D eigenvalue weighted by molar-refractivity contribution is 5.94. The van der Waals surface area contributed by atoms with Crippen molar-refractivity contribution in [2.75, 3.05) is 13.1 Å². The lowest BCUT2D eigenvalue weighted by molar-refractivity contribution is -0.122. The summed E-state index contributed by atoms with van der Waals surface area (Å²) in [5.41, 5.74) is 6.35. The van der Waals surface area contributed by atoms with Crippen molar-refractivity contribution in [3.8, 4) is 0 Å². The van der Waals surface area contributed by atoms with Gasteiger partial charge in [0.1, 0.15) is 0 Å². The molecule has 1 saturated carbocycles. The van der Waals surface area contributed by atoms with Crippen LogP contribution in [0.1, 0.15) is 42.5 Å². The van der Waals surface area contributed by atoms with Gasteiger partial charge in [-0.3, -0.25) is 9.59 Å². The lowest BCUT2D eigenvalue weighted by Crippen LogP contribution is -2.40. The molecular formula is C17H26ClN3O2. The van der Waals surface area contributed by atoms with Gasteiger partial charge in [0, 0.05) is 24.6 Å². The highest BCUT2D eigenvalue weighted by atomic mass is 35.5. The van der Waals surface area contributed by atoms with E-state index in [0.29, 0.717) is 37.4 Å². The van der Waals surface area contributed by atoms with Crippen LogP contribution in [0.5, 0.6) is 0 Å². The quantitative estimate of drug-likeness (QED) is 0.663. The fourth-order valence-electron chi connectivity index (χ4n) is 2.93. The molecule has 0 heterocycles. The minimum Gasteiger partial charge on any atom is -0.353 e. The van der Waals surface area contributed by atoms with E-state index < -0.39 is 0 Å². The minimum atomic E-state index is -0.0972. The predicted octanol–water partition coefficient (Wildman–Crippen LogP) is 1.86. The maximum atomic E-state index is 11.9. The monoisotopic (exact) mass is 339 g/mol. The first-order valence-corrected chi connectivity index (χ1v) is 8.03. The topological polar surface area (TPSA) is 84.2 Å². The molecular weight excluding hydrogens is 314 g/mol. The van der Waals surface area contributed by atoms with Crippen LogP contribution in [0, 0.1) is 5.92 Å². The summed E-state index contributed by atoms with van der Waals surface area (Å²) in [4.78, 5) is 23.7. The van der Waals surface area contributed by atoms with E-state index in [4.69, 9.17) is 5.73 Å². The third-order valence-electron chi connectivity index (χ3n) is 4.21. The molecule has 4 N–H and O–H groups in total. The lowest BCUT2D eigenvalue weighted by Gasteiger charge is -2.19. The molecule has 0 aromatic heterocycles. The van der Waals surface area contributed by atoms with E-state index in [1.807, 2.05) is 18.2 Å². The summed E-state index contributed by atoms with van der Waals surface area (Å²) in [5.74, 6) is 0.376. The number of benzene rings is 1. The second-order valence-electron chi connectivity index (χ2n) is 5.83. The normalized spacial score (nSPS) is 19.7. The third-order valence-corrected chi connectivity index (χ3v) is 4.21. The molecule has 1 aliphatic rings. The number of hydrogen-bond donors (Lipinski definition) is 3. The van der Waals surface area contributed by atoms with Crippen molar-refractivity contribution in [2.45, 2.75) is 38.1 Å². The Balaban J connectivity index is 0.00000264. The molecule has 1 fully saturated rings. The Morgan fingerprint density at radius 1 is 1.17 bits per heavy atom.